The Hall–Kier alpha value is 0.0649. The molecular weight excluding hydrogens is 155 g/mol. The molecule has 0 amide bonds. The van der Waals surface area contributed by atoms with Crippen molar-refractivity contribution in [3.05, 3.63) is 0 Å². The van der Waals surface area contributed by atoms with Gasteiger partial charge < -0.3 is 0 Å². The van der Waals surface area contributed by atoms with E-state index in [0.717, 1.165) is 11.7 Å². The summed E-state index contributed by atoms with van der Waals surface area (Å²) in [6.45, 7) is 9.36. The Morgan fingerprint density at radius 1 is 1.15 bits per heavy atom. The van der Waals surface area contributed by atoms with Gasteiger partial charge >= 0.3 is 0 Å². The zero-order valence-corrected chi connectivity index (χ0v) is 10.1. The SMILES string of the molecule is CCBC(CC)CC(C)CCCC. The third-order valence-corrected chi connectivity index (χ3v) is 3.06. The Morgan fingerprint density at radius 2 is 1.85 bits per heavy atom. The molecule has 0 aliphatic rings. The summed E-state index contributed by atoms with van der Waals surface area (Å²) in [6.07, 6.45) is 8.42. The molecule has 78 valence electrons. The maximum Gasteiger partial charge on any atom is 0.123 e. The van der Waals surface area contributed by atoms with E-state index in [2.05, 4.69) is 27.7 Å². The topological polar surface area (TPSA) is 0 Å². The van der Waals surface area contributed by atoms with E-state index in [1.807, 2.05) is 0 Å². The van der Waals surface area contributed by atoms with Crippen LogP contribution in [0.3, 0.4) is 0 Å². The van der Waals surface area contributed by atoms with Gasteiger partial charge in [-0.3, -0.25) is 0 Å². The monoisotopic (exact) mass is 182 g/mol. The Bertz CT molecular complexity index is 101. The fraction of sp³-hybridized carbons (Fsp3) is 1.00. The van der Waals surface area contributed by atoms with E-state index in [9.17, 15) is 0 Å². The van der Waals surface area contributed by atoms with E-state index < -0.39 is 0 Å². The fourth-order valence-electron chi connectivity index (χ4n) is 2.14. The van der Waals surface area contributed by atoms with E-state index in [-0.39, 0.29) is 0 Å². The minimum absolute atomic E-state index is 0.955. The molecule has 13 heavy (non-hydrogen) atoms. The lowest BCUT2D eigenvalue weighted by molar-refractivity contribution is 0.452. The molecule has 2 atom stereocenters. The van der Waals surface area contributed by atoms with E-state index in [1.54, 1.807) is 0 Å². The minimum atomic E-state index is 0.955. The maximum atomic E-state index is 2.42. The summed E-state index contributed by atoms with van der Waals surface area (Å²) in [5.41, 5.74) is 0. The molecule has 2 unspecified atom stereocenters. The molecule has 0 rings (SSSR count). The predicted octanol–water partition coefficient (Wildman–Crippen LogP) is 4.28. The predicted molar refractivity (Wildman–Crippen MR) is 65.0 cm³/mol. The molecule has 0 aromatic carbocycles. The van der Waals surface area contributed by atoms with Crippen LogP contribution in [0.1, 0.15) is 59.8 Å². The first-order valence-electron chi connectivity index (χ1n) is 6.24. The van der Waals surface area contributed by atoms with Crippen LogP contribution < -0.4 is 0 Å². The molecule has 0 saturated carbocycles. The first-order valence-corrected chi connectivity index (χ1v) is 6.24. The van der Waals surface area contributed by atoms with Crippen molar-refractivity contribution in [3.8, 4) is 0 Å². The molecule has 0 aliphatic heterocycles. The van der Waals surface area contributed by atoms with Gasteiger partial charge in [0.15, 0.2) is 0 Å². The molecule has 0 aromatic heterocycles. The third kappa shape index (κ3) is 7.16. The number of hydrogen-bond acceptors (Lipinski definition) is 0. The van der Waals surface area contributed by atoms with Crippen LogP contribution in [-0.2, 0) is 0 Å². The highest BCUT2D eigenvalue weighted by Gasteiger charge is 2.10. The van der Waals surface area contributed by atoms with E-state index in [1.165, 1.54) is 45.7 Å². The van der Waals surface area contributed by atoms with Crippen LogP contribution in [0, 0.1) is 5.92 Å². The van der Waals surface area contributed by atoms with Gasteiger partial charge in [0.05, 0.1) is 0 Å². The average molecular weight is 182 g/mol. The average Bonchev–Trinajstić information content (AvgIpc) is 2.14. The van der Waals surface area contributed by atoms with Crippen molar-refractivity contribution in [1.82, 2.24) is 0 Å². The van der Waals surface area contributed by atoms with Gasteiger partial charge in [0, 0.05) is 0 Å². The molecule has 0 heterocycles. The van der Waals surface area contributed by atoms with Crippen molar-refractivity contribution in [3.63, 3.8) is 0 Å². The summed E-state index contributed by atoms with van der Waals surface area (Å²) in [5, 5.41) is 0. The number of unbranched alkanes of at least 4 members (excludes halogenated alkanes) is 1. The van der Waals surface area contributed by atoms with Gasteiger partial charge in [0.25, 0.3) is 0 Å². The summed E-state index contributed by atoms with van der Waals surface area (Å²) in [4.78, 5) is 0. The normalized spacial score (nSPS) is 15.4. The molecule has 0 saturated heterocycles. The van der Waals surface area contributed by atoms with E-state index >= 15 is 0 Å². The Labute approximate surface area is 85.7 Å². The summed E-state index contributed by atoms with van der Waals surface area (Å²) in [6, 6.07) is 0. The summed E-state index contributed by atoms with van der Waals surface area (Å²) in [5.74, 6) is 1.95. The molecule has 0 N–H and O–H groups in total. The van der Waals surface area contributed by atoms with Crippen LogP contribution >= 0.6 is 0 Å². The molecule has 0 nitrogen and oxygen atoms in total. The first-order chi connectivity index (χ1) is 6.24. The molecule has 0 fully saturated rings. The highest BCUT2D eigenvalue weighted by atomic mass is 14.1. The van der Waals surface area contributed by atoms with Crippen LogP contribution in [0.15, 0.2) is 0 Å². The van der Waals surface area contributed by atoms with Crippen LogP contribution in [0.4, 0.5) is 0 Å². The van der Waals surface area contributed by atoms with Crippen molar-refractivity contribution < 1.29 is 0 Å². The van der Waals surface area contributed by atoms with Gasteiger partial charge in [-0.05, 0) is 5.92 Å². The van der Waals surface area contributed by atoms with Crippen molar-refractivity contribution in [2.24, 2.45) is 5.92 Å². The number of rotatable bonds is 8. The van der Waals surface area contributed by atoms with Crippen molar-refractivity contribution in [2.75, 3.05) is 0 Å². The van der Waals surface area contributed by atoms with E-state index in [4.69, 9.17) is 0 Å². The molecule has 0 spiro atoms. The highest BCUT2D eigenvalue weighted by molar-refractivity contribution is 6.37. The van der Waals surface area contributed by atoms with Crippen molar-refractivity contribution in [1.29, 1.82) is 0 Å². The summed E-state index contributed by atoms with van der Waals surface area (Å²) in [7, 11) is 1.44. The second-order valence-electron chi connectivity index (χ2n) is 4.55. The second-order valence-corrected chi connectivity index (χ2v) is 4.55. The van der Waals surface area contributed by atoms with Gasteiger partial charge in [-0.15, -0.1) is 0 Å². The second kappa shape index (κ2) is 8.65. The molecule has 0 aliphatic carbocycles. The lowest BCUT2D eigenvalue weighted by atomic mass is 9.58. The minimum Gasteiger partial charge on any atom is -0.0800 e. The van der Waals surface area contributed by atoms with Gasteiger partial charge in [-0.2, -0.15) is 0 Å². The first kappa shape index (κ1) is 13.1. The molecule has 1 heteroatoms. The standard InChI is InChI=1S/C12H27B/c1-5-8-9-11(4)10-12(6-2)13-7-3/h11-13H,5-10H2,1-4H3. The Kier molecular flexibility index (Phi) is 8.70. The quantitative estimate of drug-likeness (QED) is 0.491. The van der Waals surface area contributed by atoms with Crippen molar-refractivity contribution in [2.45, 2.75) is 71.9 Å². The van der Waals surface area contributed by atoms with Crippen LogP contribution in [0.5, 0.6) is 0 Å². The molecule has 0 bridgehead atoms. The third-order valence-electron chi connectivity index (χ3n) is 3.06. The van der Waals surface area contributed by atoms with Crippen LogP contribution in [-0.4, -0.2) is 7.28 Å². The maximum absolute atomic E-state index is 2.42. The molecular formula is C12H27B. The van der Waals surface area contributed by atoms with E-state index in [0.29, 0.717) is 0 Å². The fourth-order valence-corrected chi connectivity index (χ4v) is 2.14. The lowest BCUT2D eigenvalue weighted by Gasteiger charge is -2.18. The van der Waals surface area contributed by atoms with Gasteiger partial charge in [0.1, 0.15) is 7.28 Å². The van der Waals surface area contributed by atoms with Crippen molar-refractivity contribution >= 4 is 7.28 Å². The molecule has 0 aromatic rings. The zero-order chi connectivity index (χ0) is 10.1. The lowest BCUT2D eigenvalue weighted by Crippen LogP contribution is -2.06. The Morgan fingerprint density at radius 3 is 2.31 bits per heavy atom. The van der Waals surface area contributed by atoms with Crippen LogP contribution in [0.25, 0.3) is 0 Å². The Balaban J connectivity index is 3.53. The summed E-state index contributed by atoms with van der Waals surface area (Å²) < 4.78 is 0. The summed E-state index contributed by atoms with van der Waals surface area (Å²) >= 11 is 0. The smallest absolute Gasteiger partial charge is 0.0800 e. The van der Waals surface area contributed by atoms with Gasteiger partial charge in [0.2, 0.25) is 0 Å². The van der Waals surface area contributed by atoms with Gasteiger partial charge in [-0.25, -0.2) is 0 Å². The largest absolute Gasteiger partial charge is 0.123 e. The van der Waals surface area contributed by atoms with Gasteiger partial charge in [-0.1, -0.05) is 71.9 Å². The highest BCUT2D eigenvalue weighted by Crippen LogP contribution is 2.24. The molecule has 0 radical (unpaired) electrons. The van der Waals surface area contributed by atoms with Crippen LogP contribution in [0.2, 0.25) is 12.1 Å². The number of hydrogen-bond donors (Lipinski definition) is 0. The zero-order valence-electron chi connectivity index (χ0n) is 10.1.